The minimum Gasteiger partial charge on any atom is -0.488 e. The number of allylic oxidation sites excluding steroid dienone is 2. The van der Waals surface area contributed by atoms with Gasteiger partial charge in [-0.3, -0.25) is 0 Å². The van der Waals surface area contributed by atoms with Crippen LogP contribution in [0.1, 0.15) is 12.8 Å². The van der Waals surface area contributed by atoms with Crippen molar-refractivity contribution in [3.8, 4) is 5.75 Å². The Balaban J connectivity index is 1.60. The number of amides is 3. The van der Waals surface area contributed by atoms with E-state index in [9.17, 15) is 18.8 Å². The highest BCUT2D eigenvalue weighted by Crippen LogP contribution is 2.24. The van der Waals surface area contributed by atoms with Gasteiger partial charge in [0.25, 0.3) is 0 Å². The summed E-state index contributed by atoms with van der Waals surface area (Å²) >= 11 is 0. The zero-order valence-electron chi connectivity index (χ0n) is 16.2. The zero-order chi connectivity index (χ0) is 21.5. The molecule has 0 spiro atoms. The Hall–Kier alpha value is -3.78. The maximum absolute atomic E-state index is 14.0. The molecule has 0 saturated carbocycles. The third-order valence-electron chi connectivity index (χ3n) is 4.42. The Morgan fingerprint density at radius 1 is 1.27 bits per heavy atom. The van der Waals surface area contributed by atoms with Crippen molar-refractivity contribution in [3.05, 3.63) is 53.8 Å². The fourth-order valence-corrected chi connectivity index (χ4v) is 3.08. The van der Waals surface area contributed by atoms with Crippen LogP contribution in [0.3, 0.4) is 0 Å². The van der Waals surface area contributed by atoms with Gasteiger partial charge in [-0.2, -0.15) is 0 Å². The first-order valence-corrected chi connectivity index (χ1v) is 9.25. The zero-order valence-corrected chi connectivity index (χ0v) is 16.2. The molecule has 3 N–H and O–H groups in total. The molecule has 1 atom stereocenters. The number of carbonyl (C=O) groups is 2. The Morgan fingerprint density at radius 3 is 2.80 bits per heavy atom. The lowest BCUT2D eigenvalue weighted by molar-refractivity contribution is 0.0693. The molecule has 0 bridgehead atoms. The highest BCUT2D eigenvalue weighted by Gasteiger charge is 2.25. The van der Waals surface area contributed by atoms with E-state index in [1.54, 1.807) is 5.94 Å². The predicted octanol–water partition coefficient (Wildman–Crippen LogP) is 2.27. The first kappa shape index (κ1) is 20.9. The number of likely N-dealkylation sites (tertiary alicyclic amines) is 1. The molecule has 1 aromatic rings. The summed E-state index contributed by atoms with van der Waals surface area (Å²) in [5.74, 6) is 1.34. The number of carbonyl (C=O) groups excluding carboxylic acids is 3. The van der Waals surface area contributed by atoms with Gasteiger partial charge in [-0.25, -0.2) is 18.8 Å². The van der Waals surface area contributed by atoms with Crippen LogP contribution in [0.15, 0.2) is 47.9 Å². The second-order valence-corrected chi connectivity index (χ2v) is 6.65. The number of rotatable bonds is 4. The molecule has 3 amide bonds. The van der Waals surface area contributed by atoms with E-state index in [1.165, 1.54) is 42.5 Å². The average molecular weight is 416 g/mol. The number of methoxy groups -OCH3 is 1. The fraction of sp³-hybridized carbons (Fsp3) is 0.300. The largest absolute Gasteiger partial charge is 0.488 e. The number of halogens is 1. The lowest BCUT2D eigenvalue weighted by atomic mass is 10.1. The molecule has 3 rings (SSSR count). The molecule has 1 fully saturated rings. The summed E-state index contributed by atoms with van der Waals surface area (Å²) in [7, 11) is 1.31. The number of hydrogen-bond donors (Lipinski definition) is 3. The van der Waals surface area contributed by atoms with Crippen LogP contribution in [0.5, 0.6) is 5.75 Å². The Labute approximate surface area is 172 Å². The summed E-state index contributed by atoms with van der Waals surface area (Å²) in [4.78, 5) is 35.9. The molecule has 30 heavy (non-hydrogen) atoms. The molecule has 0 radical (unpaired) electrons. The van der Waals surface area contributed by atoms with Gasteiger partial charge in [0.2, 0.25) is 0 Å². The van der Waals surface area contributed by atoms with Crippen molar-refractivity contribution in [3.63, 3.8) is 0 Å². The third kappa shape index (κ3) is 5.62. The minimum atomic E-state index is -0.600. The van der Waals surface area contributed by atoms with E-state index < -0.39 is 17.9 Å². The standard InChI is InChI=1S/C20H21FN4O5/c1-29-20(28)25-6-2-3-17(11-25)30-18-8-13(21)7-16(9-18)24-19(27)23-14-4-5-15(12-26)22-10-14/h4-5,7-10,17,22H,2-3,6,11H2,1H3,(H2,23,24,27). The van der Waals surface area contributed by atoms with E-state index in [0.717, 1.165) is 12.5 Å². The van der Waals surface area contributed by atoms with E-state index in [1.807, 2.05) is 0 Å². The molecule has 2 aliphatic heterocycles. The number of urea groups is 1. The number of nitrogens with zero attached hydrogens (tertiary/aromatic N) is 1. The van der Waals surface area contributed by atoms with Gasteiger partial charge < -0.3 is 30.3 Å². The summed E-state index contributed by atoms with van der Waals surface area (Å²) in [5, 5.41) is 7.73. The fourth-order valence-electron chi connectivity index (χ4n) is 3.08. The van der Waals surface area contributed by atoms with Gasteiger partial charge in [0.1, 0.15) is 23.4 Å². The second-order valence-electron chi connectivity index (χ2n) is 6.65. The van der Waals surface area contributed by atoms with Crippen molar-refractivity contribution < 1.29 is 28.2 Å². The number of anilines is 1. The number of dihydropyridines is 1. The van der Waals surface area contributed by atoms with Gasteiger partial charge in [-0.15, -0.1) is 0 Å². The molecule has 2 aliphatic rings. The van der Waals surface area contributed by atoms with Crippen LogP contribution < -0.4 is 20.7 Å². The third-order valence-corrected chi connectivity index (χ3v) is 4.42. The van der Waals surface area contributed by atoms with E-state index in [0.29, 0.717) is 25.2 Å². The summed E-state index contributed by atoms with van der Waals surface area (Å²) < 4.78 is 24.6. The van der Waals surface area contributed by atoms with Crippen LogP contribution in [0.2, 0.25) is 0 Å². The van der Waals surface area contributed by atoms with Gasteiger partial charge in [0, 0.05) is 30.6 Å². The Bertz CT molecular complexity index is 939. The Morgan fingerprint density at radius 2 is 2.10 bits per heavy atom. The maximum atomic E-state index is 14.0. The normalized spacial score (nSPS) is 17.9. The van der Waals surface area contributed by atoms with E-state index >= 15 is 0 Å². The van der Waals surface area contributed by atoms with Crippen molar-refractivity contribution in [1.82, 2.24) is 15.5 Å². The van der Waals surface area contributed by atoms with Gasteiger partial charge in [0.05, 0.1) is 19.4 Å². The summed E-state index contributed by atoms with van der Waals surface area (Å²) in [5.41, 5.74) is 0.843. The van der Waals surface area contributed by atoms with Crippen molar-refractivity contribution in [2.45, 2.75) is 18.9 Å². The highest BCUT2D eigenvalue weighted by molar-refractivity contribution is 5.91. The van der Waals surface area contributed by atoms with Crippen molar-refractivity contribution in [1.29, 1.82) is 0 Å². The van der Waals surface area contributed by atoms with Crippen molar-refractivity contribution in [2.24, 2.45) is 0 Å². The van der Waals surface area contributed by atoms with Crippen molar-refractivity contribution in [2.75, 3.05) is 25.5 Å². The van der Waals surface area contributed by atoms with E-state index in [2.05, 4.69) is 16.0 Å². The first-order chi connectivity index (χ1) is 14.5. The van der Waals surface area contributed by atoms with Crippen LogP contribution >= 0.6 is 0 Å². The molecule has 1 saturated heterocycles. The Kier molecular flexibility index (Phi) is 6.71. The molecule has 2 heterocycles. The van der Waals surface area contributed by atoms with Crippen LogP contribution in [0.4, 0.5) is 19.7 Å². The summed E-state index contributed by atoms with van der Waals surface area (Å²) in [6.45, 7) is 0.906. The van der Waals surface area contributed by atoms with Crippen LogP contribution in [-0.2, 0) is 9.53 Å². The number of hydrogen-bond acceptors (Lipinski definition) is 6. The van der Waals surface area contributed by atoms with Crippen LogP contribution in [-0.4, -0.2) is 49.3 Å². The average Bonchev–Trinajstić information content (AvgIpc) is 2.73. The number of piperidine rings is 1. The van der Waals surface area contributed by atoms with Gasteiger partial charge in [-0.05, 0) is 31.1 Å². The first-order valence-electron chi connectivity index (χ1n) is 9.25. The SMILES string of the molecule is COC(=O)N1CCCC(Oc2cc(F)cc(NC(=O)NC3=CNC(=C=O)C=C3)c2)C1. The molecule has 1 unspecified atom stereocenters. The molecular weight excluding hydrogens is 395 g/mol. The van der Waals surface area contributed by atoms with Gasteiger partial charge in [0.15, 0.2) is 5.94 Å². The number of benzene rings is 1. The second kappa shape index (κ2) is 9.62. The van der Waals surface area contributed by atoms with Gasteiger partial charge >= 0.3 is 12.1 Å². The highest BCUT2D eigenvalue weighted by atomic mass is 19.1. The van der Waals surface area contributed by atoms with Crippen LogP contribution in [0.25, 0.3) is 0 Å². The summed E-state index contributed by atoms with van der Waals surface area (Å²) in [6, 6.07) is 3.27. The number of nitrogens with one attached hydrogen (secondary N) is 3. The topological polar surface area (TPSA) is 109 Å². The quantitative estimate of drug-likeness (QED) is 0.650. The monoisotopic (exact) mass is 416 g/mol. The molecular formula is C20H21FN4O5. The smallest absolute Gasteiger partial charge is 0.409 e. The maximum Gasteiger partial charge on any atom is 0.409 e. The molecule has 0 aliphatic carbocycles. The minimum absolute atomic E-state index is 0.199. The molecule has 10 heteroatoms. The summed E-state index contributed by atoms with van der Waals surface area (Å²) in [6.07, 6.45) is 5.10. The van der Waals surface area contributed by atoms with E-state index in [-0.39, 0.29) is 23.2 Å². The molecule has 0 aromatic heterocycles. The van der Waals surface area contributed by atoms with Gasteiger partial charge in [-0.1, -0.05) is 0 Å². The predicted molar refractivity (Wildman–Crippen MR) is 106 cm³/mol. The van der Waals surface area contributed by atoms with Crippen LogP contribution in [0, 0.1) is 5.82 Å². The number of ether oxygens (including phenoxy) is 2. The molecule has 9 nitrogen and oxygen atoms in total. The van der Waals surface area contributed by atoms with Crippen molar-refractivity contribution >= 4 is 23.8 Å². The van der Waals surface area contributed by atoms with E-state index in [4.69, 9.17) is 9.47 Å². The lowest BCUT2D eigenvalue weighted by Crippen LogP contribution is -2.44. The molecule has 158 valence electrons. The lowest BCUT2D eigenvalue weighted by Gasteiger charge is -2.31. The molecule has 1 aromatic carbocycles.